The second-order valence-electron chi connectivity index (χ2n) is 4.66. The van der Waals surface area contributed by atoms with Gasteiger partial charge in [0.05, 0.1) is 12.7 Å². The zero-order chi connectivity index (χ0) is 12.7. The molecule has 0 aromatic carbocycles. The Balaban J connectivity index is 0.00000289. The molecule has 0 aliphatic carbocycles. The van der Waals surface area contributed by atoms with Gasteiger partial charge < -0.3 is 11.1 Å². The Hall–Kier alpha value is -0.790. The van der Waals surface area contributed by atoms with E-state index < -0.39 is 0 Å². The third kappa shape index (κ3) is 7.52. The lowest BCUT2D eigenvalue weighted by molar-refractivity contribution is 0.589. The third-order valence-corrected chi connectivity index (χ3v) is 2.40. The predicted octanol–water partition coefficient (Wildman–Crippen LogP) is 1.76. The van der Waals surface area contributed by atoms with Crippen LogP contribution in [0.3, 0.4) is 0 Å². The first-order valence-corrected chi connectivity index (χ1v) is 6.10. The number of nitrogens with zero attached hydrogens (tertiary/aromatic N) is 3. The van der Waals surface area contributed by atoms with Crippen LogP contribution in [0.2, 0.25) is 0 Å². The molecular weight excluding hydrogens is 341 g/mol. The normalized spacial score (nSPS) is 11.4. The molecule has 0 aliphatic heterocycles. The minimum Gasteiger partial charge on any atom is -0.370 e. The van der Waals surface area contributed by atoms with Crippen molar-refractivity contribution in [2.24, 2.45) is 16.6 Å². The number of aliphatic imine (C=N–C) groups is 1. The number of hydrogen-bond donors (Lipinski definition) is 2. The van der Waals surface area contributed by atoms with Gasteiger partial charge in [-0.2, -0.15) is 5.10 Å². The molecule has 0 bridgehead atoms. The summed E-state index contributed by atoms with van der Waals surface area (Å²) in [4.78, 5) is 4.25. The summed E-state index contributed by atoms with van der Waals surface area (Å²) in [6, 6.07) is 0. The molecule has 0 fully saturated rings. The summed E-state index contributed by atoms with van der Waals surface area (Å²) in [6.07, 6.45) is 4.93. The van der Waals surface area contributed by atoms with Crippen LogP contribution >= 0.6 is 24.0 Å². The van der Waals surface area contributed by atoms with E-state index in [-0.39, 0.29) is 24.0 Å². The van der Waals surface area contributed by atoms with Crippen LogP contribution in [0.25, 0.3) is 0 Å². The zero-order valence-electron chi connectivity index (χ0n) is 11.4. The Kier molecular flexibility index (Phi) is 8.78. The van der Waals surface area contributed by atoms with Crippen LogP contribution in [0.5, 0.6) is 0 Å². The van der Waals surface area contributed by atoms with E-state index in [1.54, 1.807) is 0 Å². The third-order valence-electron chi connectivity index (χ3n) is 2.40. The minimum absolute atomic E-state index is 0. The molecule has 1 aromatic rings. The molecule has 104 valence electrons. The average molecular weight is 365 g/mol. The molecule has 0 amide bonds. The predicted molar refractivity (Wildman–Crippen MR) is 86.3 cm³/mol. The summed E-state index contributed by atoms with van der Waals surface area (Å²) in [6.45, 7) is 8.72. The topological polar surface area (TPSA) is 68.2 Å². The molecule has 1 heterocycles. The fourth-order valence-corrected chi connectivity index (χ4v) is 1.39. The zero-order valence-corrected chi connectivity index (χ0v) is 13.7. The van der Waals surface area contributed by atoms with Gasteiger partial charge in [-0.05, 0) is 24.8 Å². The van der Waals surface area contributed by atoms with Crippen molar-refractivity contribution >= 4 is 29.9 Å². The van der Waals surface area contributed by atoms with Crippen molar-refractivity contribution < 1.29 is 0 Å². The molecule has 0 aliphatic rings. The van der Waals surface area contributed by atoms with E-state index in [0.29, 0.717) is 11.9 Å². The van der Waals surface area contributed by atoms with Gasteiger partial charge in [0.1, 0.15) is 0 Å². The van der Waals surface area contributed by atoms with Crippen molar-refractivity contribution in [1.82, 2.24) is 15.1 Å². The smallest absolute Gasteiger partial charge is 0.188 e. The Bertz CT molecular complexity index is 359. The van der Waals surface area contributed by atoms with Crippen molar-refractivity contribution in [2.45, 2.75) is 33.7 Å². The van der Waals surface area contributed by atoms with Gasteiger partial charge in [-0.25, -0.2) is 0 Å². The molecule has 6 heteroatoms. The van der Waals surface area contributed by atoms with Gasteiger partial charge in [0, 0.05) is 19.3 Å². The Labute approximate surface area is 126 Å². The van der Waals surface area contributed by atoms with Gasteiger partial charge in [-0.1, -0.05) is 13.8 Å². The van der Waals surface area contributed by atoms with Crippen LogP contribution in [0, 0.1) is 12.8 Å². The summed E-state index contributed by atoms with van der Waals surface area (Å²) < 4.78 is 1.89. The van der Waals surface area contributed by atoms with Crippen molar-refractivity contribution in [3.05, 3.63) is 18.0 Å². The molecule has 3 N–H and O–H groups in total. The monoisotopic (exact) mass is 365 g/mol. The van der Waals surface area contributed by atoms with E-state index in [0.717, 1.165) is 26.1 Å². The Morgan fingerprint density at radius 2 is 2.28 bits per heavy atom. The summed E-state index contributed by atoms with van der Waals surface area (Å²) in [5.74, 6) is 1.19. The second-order valence-corrected chi connectivity index (χ2v) is 4.66. The highest BCUT2D eigenvalue weighted by Crippen LogP contribution is 1.98. The van der Waals surface area contributed by atoms with Gasteiger partial charge in [-0.3, -0.25) is 9.67 Å². The van der Waals surface area contributed by atoms with E-state index in [2.05, 4.69) is 29.3 Å². The number of nitrogens with two attached hydrogens (primary N) is 1. The fourth-order valence-electron chi connectivity index (χ4n) is 1.39. The SMILES string of the molecule is Cc1cnn(CCNC(N)=NCCC(C)C)c1.I. The van der Waals surface area contributed by atoms with Crippen molar-refractivity contribution in [2.75, 3.05) is 13.1 Å². The number of aromatic nitrogens is 2. The molecule has 1 rings (SSSR count). The maximum absolute atomic E-state index is 5.74. The largest absolute Gasteiger partial charge is 0.370 e. The molecule has 0 spiro atoms. The highest BCUT2D eigenvalue weighted by Gasteiger charge is 1.96. The molecule has 18 heavy (non-hydrogen) atoms. The van der Waals surface area contributed by atoms with E-state index in [1.807, 2.05) is 24.0 Å². The number of hydrogen-bond acceptors (Lipinski definition) is 2. The molecule has 0 atom stereocenters. The van der Waals surface area contributed by atoms with Crippen LogP contribution in [0.1, 0.15) is 25.8 Å². The van der Waals surface area contributed by atoms with Crippen LogP contribution < -0.4 is 11.1 Å². The average Bonchev–Trinajstić information content (AvgIpc) is 2.63. The van der Waals surface area contributed by atoms with Crippen LogP contribution in [0.4, 0.5) is 0 Å². The second kappa shape index (κ2) is 9.18. The molecular formula is C12H24IN5. The first-order valence-electron chi connectivity index (χ1n) is 6.10. The van der Waals surface area contributed by atoms with Crippen LogP contribution in [-0.2, 0) is 6.54 Å². The van der Waals surface area contributed by atoms with Crippen molar-refractivity contribution in [3.63, 3.8) is 0 Å². The summed E-state index contributed by atoms with van der Waals surface area (Å²) in [5, 5.41) is 7.27. The molecule has 1 aromatic heterocycles. The molecule has 0 unspecified atom stereocenters. The highest BCUT2D eigenvalue weighted by molar-refractivity contribution is 14.0. The first kappa shape index (κ1) is 17.2. The number of aryl methyl sites for hydroxylation is 1. The van der Waals surface area contributed by atoms with Crippen LogP contribution in [0.15, 0.2) is 17.4 Å². The summed E-state index contributed by atoms with van der Waals surface area (Å²) >= 11 is 0. The van der Waals surface area contributed by atoms with Gasteiger partial charge in [-0.15, -0.1) is 24.0 Å². The standard InChI is InChI=1S/C12H23N5.HI/c1-10(2)4-5-14-12(13)15-6-7-17-9-11(3)8-16-17;/h8-10H,4-7H2,1-3H3,(H3,13,14,15);1H. The lowest BCUT2D eigenvalue weighted by Gasteiger charge is -2.06. The molecule has 0 saturated carbocycles. The number of guanidine groups is 1. The van der Waals surface area contributed by atoms with E-state index in [9.17, 15) is 0 Å². The maximum atomic E-state index is 5.74. The van der Waals surface area contributed by atoms with Crippen molar-refractivity contribution in [1.29, 1.82) is 0 Å². The van der Waals surface area contributed by atoms with Gasteiger partial charge in [0.2, 0.25) is 0 Å². The summed E-state index contributed by atoms with van der Waals surface area (Å²) in [7, 11) is 0. The lowest BCUT2D eigenvalue weighted by atomic mass is 10.1. The molecule has 0 saturated heterocycles. The van der Waals surface area contributed by atoms with Gasteiger partial charge >= 0.3 is 0 Å². The quantitative estimate of drug-likeness (QED) is 0.459. The fraction of sp³-hybridized carbons (Fsp3) is 0.667. The molecule has 5 nitrogen and oxygen atoms in total. The van der Waals surface area contributed by atoms with E-state index >= 15 is 0 Å². The first-order chi connectivity index (χ1) is 8.08. The lowest BCUT2D eigenvalue weighted by Crippen LogP contribution is -2.34. The number of halogens is 1. The van der Waals surface area contributed by atoms with Gasteiger partial charge in [0.25, 0.3) is 0 Å². The maximum Gasteiger partial charge on any atom is 0.188 e. The minimum atomic E-state index is 0. The number of nitrogens with one attached hydrogen (secondary N) is 1. The van der Waals surface area contributed by atoms with Crippen LogP contribution in [-0.4, -0.2) is 28.8 Å². The van der Waals surface area contributed by atoms with Gasteiger partial charge in [0.15, 0.2) is 5.96 Å². The highest BCUT2D eigenvalue weighted by atomic mass is 127. The number of rotatable bonds is 6. The Morgan fingerprint density at radius 1 is 1.56 bits per heavy atom. The van der Waals surface area contributed by atoms with E-state index in [1.165, 1.54) is 5.56 Å². The van der Waals surface area contributed by atoms with Crippen molar-refractivity contribution in [3.8, 4) is 0 Å². The Morgan fingerprint density at radius 3 is 2.83 bits per heavy atom. The summed E-state index contributed by atoms with van der Waals surface area (Å²) in [5.41, 5.74) is 6.91. The van der Waals surface area contributed by atoms with E-state index in [4.69, 9.17) is 5.73 Å². The molecule has 0 radical (unpaired) electrons.